The maximum Gasteiger partial charge on any atom is 0.146 e. The lowest BCUT2D eigenvalue weighted by Gasteiger charge is -2.12. The molecule has 0 unspecified atom stereocenters. The van der Waals surface area contributed by atoms with Crippen LogP contribution in [-0.2, 0) is 0 Å². The topological polar surface area (TPSA) is 35.2 Å². The van der Waals surface area contributed by atoms with Crippen LogP contribution in [0.4, 0.5) is 5.69 Å². The molecule has 0 heterocycles. The van der Waals surface area contributed by atoms with Crippen molar-refractivity contribution in [2.75, 3.05) is 5.73 Å². The Morgan fingerprint density at radius 2 is 1.57 bits per heavy atom. The van der Waals surface area contributed by atoms with Gasteiger partial charge in [0.15, 0.2) is 0 Å². The largest absolute Gasteiger partial charge is 0.455 e. The summed E-state index contributed by atoms with van der Waals surface area (Å²) in [4.78, 5) is 0. The van der Waals surface area contributed by atoms with Crippen molar-refractivity contribution in [1.82, 2.24) is 0 Å². The summed E-state index contributed by atoms with van der Waals surface area (Å²) < 4.78 is 5.97. The molecule has 2 N–H and O–H groups in total. The number of hydrogen-bond donors (Lipinski definition) is 1. The van der Waals surface area contributed by atoms with Crippen molar-refractivity contribution in [3.63, 3.8) is 0 Å². The fourth-order valence-electron chi connectivity index (χ4n) is 2.19. The van der Waals surface area contributed by atoms with Crippen LogP contribution in [0.2, 0.25) is 10.0 Å². The van der Waals surface area contributed by atoms with E-state index in [0.29, 0.717) is 27.2 Å². The summed E-state index contributed by atoms with van der Waals surface area (Å²) in [7, 11) is 0. The Bertz CT molecular complexity index is 830. The molecule has 3 aromatic rings. The molecule has 4 heteroatoms. The first-order valence-corrected chi connectivity index (χ1v) is 7.22. The van der Waals surface area contributed by atoms with Gasteiger partial charge in [0.25, 0.3) is 0 Å². The minimum Gasteiger partial charge on any atom is -0.455 e. The molecule has 0 fully saturated rings. The van der Waals surface area contributed by atoms with Crippen molar-refractivity contribution in [2.45, 2.75) is 6.92 Å². The van der Waals surface area contributed by atoms with Crippen LogP contribution in [0.5, 0.6) is 11.5 Å². The molecule has 0 aliphatic rings. The number of hydrogen-bond acceptors (Lipinski definition) is 2. The Kier molecular flexibility index (Phi) is 3.66. The zero-order chi connectivity index (χ0) is 15.0. The van der Waals surface area contributed by atoms with Crippen LogP contribution in [0.15, 0.2) is 48.5 Å². The van der Waals surface area contributed by atoms with Gasteiger partial charge in [-0.3, -0.25) is 0 Å². The normalized spacial score (nSPS) is 10.8. The van der Waals surface area contributed by atoms with Crippen LogP contribution < -0.4 is 10.5 Å². The lowest BCUT2D eigenvalue weighted by molar-refractivity contribution is 0.488. The van der Waals surface area contributed by atoms with E-state index in [9.17, 15) is 0 Å². The first kappa shape index (κ1) is 14.1. The zero-order valence-corrected chi connectivity index (χ0v) is 12.9. The molecule has 0 atom stereocenters. The average molecular weight is 318 g/mol. The standard InChI is InChI=1S/C17H13Cl2NO/c1-10-8-17(14(19)9-15(10)20)21-16-7-6-13(18)11-4-2-3-5-12(11)16/h2-9H,20H2,1H3. The Hall–Kier alpha value is -1.90. The smallest absolute Gasteiger partial charge is 0.146 e. The number of nitrogen functional groups attached to an aromatic ring is 1. The van der Waals surface area contributed by atoms with E-state index in [1.165, 1.54) is 0 Å². The Labute approximate surface area is 133 Å². The molecular formula is C17H13Cl2NO. The molecule has 0 aliphatic carbocycles. The monoisotopic (exact) mass is 317 g/mol. The third kappa shape index (κ3) is 2.65. The summed E-state index contributed by atoms with van der Waals surface area (Å²) in [6.07, 6.45) is 0. The third-order valence-corrected chi connectivity index (χ3v) is 4.00. The molecule has 21 heavy (non-hydrogen) atoms. The number of aryl methyl sites for hydroxylation is 1. The first-order valence-electron chi connectivity index (χ1n) is 6.47. The summed E-state index contributed by atoms with van der Waals surface area (Å²) in [5.74, 6) is 1.29. The Morgan fingerprint density at radius 1 is 0.857 bits per heavy atom. The fourth-order valence-corrected chi connectivity index (χ4v) is 2.63. The summed E-state index contributed by atoms with van der Waals surface area (Å²) in [5.41, 5.74) is 7.41. The van der Waals surface area contributed by atoms with Crippen LogP contribution in [0.3, 0.4) is 0 Å². The fraction of sp³-hybridized carbons (Fsp3) is 0.0588. The van der Waals surface area contributed by atoms with E-state index >= 15 is 0 Å². The predicted molar refractivity (Wildman–Crippen MR) is 89.6 cm³/mol. The van der Waals surface area contributed by atoms with E-state index in [1.807, 2.05) is 49.4 Å². The van der Waals surface area contributed by atoms with Gasteiger partial charge in [0.2, 0.25) is 0 Å². The number of anilines is 1. The van der Waals surface area contributed by atoms with E-state index in [4.69, 9.17) is 33.7 Å². The second-order valence-corrected chi connectivity index (χ2v) is 5.65. The van der Waals surface area contributed by atoms with E-state index in [-0.39, 0.29) is 0 Å². The first-order chi connectivity index (χ1) is 10.1. The van der Waals surface area contributed by atoms with Crippen molar-refractivity contribution >= 4 is 39.7 Å². The summed E-state index contributed by atoms with van der Waals surface area (Å²) >= 11 is 12.4. The van der Waals surface area contributed by atoms with Gasteiger partial charge in [-0.05, 0) is 36.8 Å². The van der Waals surface area contributed by atoms with Crippen LogP contribution in [0.25, 0.3) is 10.8 Å². The molecule has 0 saturated carbocycles. The zero-order valence-electron chi connectivity index (χ0n) is 11.4. The highest BCUT2D eigenvalue weighted by Gasteiger charge is 2.10. The van der Waals surface area contributed by atoms with Gasteiger partial charge in [-0.1, -0.05) is 47.5 Å². The number of fused-ring (bicyclic) bond motifs is 1. The quantitative estimate of drug-likeness (QED) is 0.603. The van der Waals surface area contributed by atoms with Crippen molar-refractivity contribution < 1.29 is 4.74 Å². The Morgan fingerprint density at radius 3 is 2.33 bits per heavy atom. The van der Waals surface area contributed by atoms with Crippen LogP contribution in [-0.4, -0.2) is 0 Å². The molecule has 3 rings (SSSR count). The van der Waals surface area contributed by atoms with Gasteiger partial charge in [-0.2, -0.15) is 0 Å². The number of benzene rings is 3. The second-order valence-electron chi connectivity index (χ2n) is 4.83. The van der Waals surface area contributed by atoms with Crippen molar-refractivity contribution in [3.8, 4) is 11.5 Å². The van der Waals surface area contributed by atoms with Gasteiger partial charge in [0.1, 0.15) is 11.5 Å². The molecule has 0 saturated heterocycles. The summed E-state index contributed by atoms with van der Waals surface area (Å²) in [5, 5.41) is 3.06. The molecule has 106 valence electrons. The number of nitrogens with two attached hydrogens (primary N) is 1. The highest BCUT2D eigenvalue weighted by Crippen LogP contribution is 2.37. The van der Waals surface area contributed by atoms with E-state index < -0.39 is 0 Å². The Balaban J connectivity index is 2.11. The third-order valence-electron chi connectivity index (χ3n) is 3.37. The summed E-state index contributed by atoms with van der Waals surface area (Å²) in [6.45, 7) is 1.92. The highest BCUT2D eigenvalue weighted by molar-refractivity contribution is 6.35. The van der Waals surface area contributed by atoms with Gasteiger partial charge in [-0.25, -0.2) is 0 Å². The van der Waals surface area contributed by atoms with E-state index in [2.05, 4.69) is 0 Å². The molecule has 0 aliphatic heterocycles. The van der Waals surface area contributed by atoms with Gasteiger partial charge in [0.05, 0.1) is 5.02 Å². The second kappa shape index (κ2) is 5.47. The SMILES string of the molecule is Cc1cc(Oc2ccc(Cl)c3ccccc23)c(Cl)cc1N. The minimum absolute atomic E-state index is 0.483. The van der Waals surface area contributed by atoms with Crippen LogP contribution in [0, 0.1) is 6.92 Å². The van der Waals surface area contributed by atoms with Gasteiger partial charge in [0, 0.05) is 21.5 Å². The molecule has 0 aromatic heterocycles. The highest BCUT2D eigenvalue weighted by atomic mass is 35.5. The molecular weight excluding hydrogens is 305 g/mol. The predicted octanol–water partition coefficient (Wildman–Crippen LogP) is 5.83. The van der Waals surface area contributed by atoms with Crippen molar-refractivity contribution in [3.05, 3.63) is 64.1 Å². The summed E-state index contributed by atoms with van der Waals surface area (Å²) in [6, 6.07) is 15.0. The lowest BCUT2D eigenvalue weighted by atomic mass is 10.1. The molecule has 3 aromatic carbocycles. The maximum atomic E-state index is 6.21. The molecule has 0 radical (unpaired) electrons. The van der Waals surface area contributed by atoms with Gasteiger partial charge >= 0.3 is 0 Å². The number of ether oxygens (including phenoxy) is 1. The number of halogens is 2. The molecule has 0 spiro atoms. The maximum absolute atomic E-state index is 6.21. The molecule has 0 bridgehead atoms. The van der Waals surface area contributed by atoms with Crippen molar-refractivity contribution in [1.29, 1.82) is 0 Å². The van der Waals surface area contributed by atoms with Crippen LogP contribution >= 0.6 is 23.2 Å². The van der Waals surface area contributed by atoms with E-state index in [1.54, 1.807) is 6.07 Å². The van der Waals surface area contributed by atoms with Gasteiger partial charge < -0.3 is 10.5 Å². The van der Waals surface area contributed by atoms with Crippen LogP contribution in [0.1, 0.15) is 5.56 Å². The van der Waals surface area contributed by atoms with E-state index in [0.717, 1.165) is 16.3 Å². The number of rotatable bonds is 2. The molecule has 2 nitrogen and oxygen atoms in total. The lowest BCUT2D eigenvalue weighted by Crippen LogP contribution is -1.93. The average Bonchev–Trinajstić information content (AvgIpc) is 2.48. The van der Waals surface area contributed by atoms with Crippen molar-refractivity contribution in [2.24, 2.45) is 0 Å². The minimum atomic E-state index is 0.483. The van der Waals surface area contributed by atoms with Gasteiger partial charge in [-0.15, -0.1) is 0 Å². The molecule has 0 amide bonds.